The van der Waals surface area contributed by atoms with Crippen LogP contribution < -0.4 is 5.48 Å². The molecule has 1 rings (SSSR count). The van der Waals surface area contributed by atoms with Gasteiger partial charge in [0, 0.05) is 26.6 Å². The fourth-order valence-electron chi connectivity index (χ4n) is 1.65. The van der Waals surface area contributed by atoms with Gasteiger partial charge in [-0.1, -0.05) is 0 Å². The number of rotatable bonds is 3. The van der Waals surface area contributed by atoms with E-state index >= 15 is 0 Å². The highest BCUT2D eigenvalue weighted by Crippen LogP contribution is 2.15. The summed E-state index contributed by atoms with van der Waals surface area (Å²) in [5.41, 5.74) is 2.86. The number of hydroxylamine groups is 1. The number of nitrogens with one attached hydrogen (secondary N) is 1. The number of piperidine rings is 1. The van der Waals surface area contributed by atoms with Gasteiger partial charge in [0.05, 0.1) is 7.11 Å². The number of nitrogens with zero attached hydrogens (tertiary/aromatic N) is 1. The minimum Gasteiger partial charge on any atom is -0.343 e. The molecule has 0 saturated carbocycles. The van der Waals surface area contributed by atoms with Crippen LogP contribution in [0.25, 0.3) is 0 Å². The Labute approximate surface area is 79.2 Å². The molecule has 1 heterocycles. The van der Waals surface area contributed by atoms with Gasteiger partial charge in [-0.3, -0.25) is 4.79 Å². The molecular weight excluding hydrogens is 168 g/mol. The maximum Gasteiger partial charge on any atom is 0.219 e. The highest BCUT2D eigenvalue weighted by Gasteiger charge is 2.19. The van der Waals surface area contributed by atoms with E-state index in [1.165, 1.54) is 0 Å². The van der Waals surface area contributed by atoms with Crippen LogP contribution in [0.1, 0.15) is 19.8 Å². The topological polar surface area (TPSA) is 41.6 Å². The Hall–Kier alpha value is -0.610. The standard InChI is InChI=1S/C9H18N2O2/c1-8(12)11-5-3-9(4-6-11)7-10-13-2/h9-10H,3-7H2,1-2H3. The number of hydrogen-bond acceptors (Lipinski definition) is 3. The summed E-state index contributed by atoms with van der Waals surface area (Å²) in [6, 6.07) is 0. The summed E-state index contributed by atoms with van der Waals surface area (Å²) >= 11 is 0. The molecule has 1 saturated heterocycles. The van der Waals surface area contributed by atoms with Crippen molar-refractivity contribution in [2.24, 2.45) is 5.92 Å². The van der Waals surface area contributed by atoms with Crippen LogP contribution in [-0.4, -0.2) is 37.6 Å². The molecule has 0 atom stereocenters. The highest BCUT2D eigenvalue weighted by molar-refractivity contribution is 5.73. The zero-order valence-corrected chi connectivity index (χ0v) is 8.38. The number of hydrogen-bond donors (Lipinski definition) is 1. The SMILES string of the molecule is CONCC1CCN(C(C)=O)CC1. The molecular formula is C9H18N2O2. The van der Waals surface area contributed by atoms with Gasteiger partial charge in [-0.05, 0) is 18.8 Å². The number of amides is 1. The van der Waals surface area contributed by atoms with Gasteiger partial charge in [0.15, 0.2) is 0 Å². The Balaban J connectivity index is 2.18. The highest BCUT2D eigenvalue weighted by atomic mass is 16.6. The first-order chi connectivity index (χ1) is 6.24. The van der Waals surface area contributed by atoms with Crippen molar-refractivity contribution in [3.63, 3.8) is 0 Å². The first-order valence-corrected chi connectivity index (χ1v) is 4.75. The molecule has 0 spiro atoms. The lowest BCUT2D eigenvalue weighted by atomic mass is 9.97. The summed E-state index contributed by atoms with van der Waals surface area (Å²) in [5, 5.41) is 0. The van der Waals surface area contributed by atoms with Crippen molar-refractivity contribution >= 4 is 5.91 Å². The molecule has 4 heteroatoms. The van der Waals surface area contributed by atoms with Crippen molar-refractivity contribution in [2.45, 2.75) is 19.8 Å². The summed E-state index contributed by atoms with van der Waals surface area (Å²) in [6.45, 7) is 4.31. The summed E-state index contributed by atoms with van der Waals surface area (Å²) in [4.78, 5) is 17.7. The van der Waals surface area contributed by atoms with E-state index < -0.39 is 0 Å². The molecule has 1 aliphatic heterocycles. The van der Waals surface area contributed by atoms with E-state index in [1.54, 1.807) is 14.0 Å². The molecule has 76 valence electrons. The van der Waals surface area contributed by atoms with E-state index in [9.17, 15) is 4.79 Å². The average molecular weight is 186 g/mol. The Bertz CT molecular complexity index is 165. The molecule has 1 N–H and O–H groups in total. The lowest BCUT2D eigenvalue weighted by Gasteiger charge is -2.31. The molecule has 0 aromatic heterocycles. The fraction of sp³-hybridized carbons (Fsp3) is 0.889. The van der Waals surface area contributed by atoms with Crippen molar-refractivity contribution in [3.8, 4) is 0 Å². The molecule has 1 amide bonds. The smallest absolute Gasteiger partial charge is 0.219 e. The van der Waals surface area contributed by atoms with Gasteiger partial charge < -0.3 is 9.74 Å². The Morgan fingerprint density at radius 2 is 2.15 bits per heavy atom. The lowest BCUT2D eigenvalue weighted by Crippen LogP contribution is -2.39. The second-order valence-electron chi connectivity index (χ2n) is 3.50. The van der Waals surface area contributed by atoms with Crippen molar-refractivity contribution in [1.29, 1.82) is 0 Å². The first kappa shape index (κ1) is 10.5. The lowest BCUT2D eigenvalue weighted by molar-refractivity contribution is -0.130. The Morgan fingerprint density at radius 3 is 2.62 bits per heavy atom. The van der Waals surface area contributed by atoms with Crippen molar-refractivity contribution in [3.05, 3.63) is 0 Å². The normalized spacial score (nSPS) is 19.1. The minimum atomic E-state index is 0.193. The molecule has 4 nitrogen and oxygen atoms in total. The van der Waals surface area contributed by atoms with Gasteiger partial charge >= 0.3 is 0 Å². The minimum absolute atomic E-state index is 0.193. The number of likely N-dealkylation sites (tertiary alicyclic amines) is 1. The fourth-order valence-corrected chi connectivity index (χ4v) is 1.65. The molecule has 1 fully saturated rings. The van der Waals surface area contributed by atoms with E-state index in [4.69, 9.17) is 4.84 Å². The predicted molar refractivity (Wildman–Crippen MR) is 50.0 cm³/mol. The third-order valence-corrected chi connectivity index (χ3v) is 2.58. The molecule has 0 aliphatic carbocycles. The second kappa shape index (κ2) is 5.19. The average Bonchev–Trinajstić information content (AvgIpc) is 2.15. The van der Waals surface area contributed by atoms with Crippen LogP contribution in [0.15, 0.2) is 0 Å². The van der Waals surface area contributed by atoms with Crippen LogP contribution in [0.3, 0.4) is 0 Å². The number of carbonyl (C=O) groups is 1. The van der Waals surface area contributed by atoms with Crippen LogP contribution in [0, 0.1) is 5.92 Å². The van der Waals surface area contributed by atoms with Crippen LogP contribution >= 0.6 is 0 Å². The molecule has 13 heavy (non-hydrogen) atoms. The van der Waals surface area contributed by atoms with Gasteiger partial charge in [0.25, 0.3) is 0 Å². The quantitative estimate of drug-likeness (QED) is 0.648. The van der Waals surface area contributed by atoms with Crippen LogP contribution in [0.5, 0.6) is 0 Å². The van der Waals surface area contributed by atoms with Gasteiger partial charge in [0.2, 0.25) is 5.91 Å². The van der Waals surface area contributed by atoms with E-state index in [0.29, 0.717) is 5.92 Å². The van der Waals surface area contributed by atoms with Gasteiger partial charge in [-0.15, -0.1) is 0 Å². The maximum atomic E-state index is 11.0. The molecule has 1 aliphatic rings. The summed E-state index contributed by atoms with van der Waals surface area (Å²) in [5.74, 6) is 0.841. The van der Waals surface area contributed by atoms with Crippen LogP contribution in [0.2, 0.25) is 0 Å². The predicted octanol–water partition coefficient (Wildman–Crippen LogP) is 0.396. The maximum absolute atomic E-state index is 11.0. The summed E-state index contributed by atoms with van der Waals surface area (Å²) < 4.78 is 0. The third-order valence-electron chi connectivity index (χ3n) is 2.58. The van der Waals surface area contributed by atoms with Crippen molar-refractivity contribution in [2.75, 3.05) is 26.7 Å². The third kappa shape index (κ3) is 3.32. The molecule has 0 radical (unpaired) electrons. The van der Waals surface area contributed by atoms with Gasteiger partial charge in [-0.25, -0.2) is 5.48 Å². The summed E-state index contributed by atoms with van der Waals surface area (Å²) in [7, 11) is 1.63. The number of carbonyl (C=O) groups excluding carboxylic acids is 1. The molecule has 0 bridgehead atoms. The zero-order valence-electron chi connectivity index (χ0n) is 8.38. The van der Waals surface area contributed by atoms with Crippen LogP contribution in [0.4, 0.5) is 0 Å². The summed E-state index contributed by atoms with van der Waals surface area (Å²) in [6.07, 6.45) is 2.16. The van der Waals surface area contributed by atoms with Crippen molar-refractivity contribution < 1.29 is 9.63 Å². The van der Waals surface area contributed by atoms with E-state index in [-0.39, 0.29) is 5.91 Å². The molecule has 0 aromatic rings. The largest absolute Gasteiger partial charge is 0.343 e. The monoisotopic (exact) mass is 186 g/mol. The molecule has 0 aromatic carbocycles. The van der Waals surface area contributed by atoms with Gasteiger partial charge in [-0.2, -0.15) is 0 Å². The second-order valence-corrected chi connectivity index (χ2v) is 3.50. The van der Waals surface area contributed by atoms with E-state index in [1.807, 2.05) is 4.90 Å². The van der Waals surface area contributed by atoms with E-state index in [0.717, 1.165) is 32.5 Å². The van der Waals surface area contributed by atoms with E-state index in [2.05, 4.69) is 5.48 Å². The Kier molecular flexibility index (Phi) is 4.18. The zero-order chi connectivity index (χ0) is 9.68. The van der Waals surface area contributed by atoms with Gasteiger partial charge in [0.1, 0.15) is 0 Å². The van der Waals surface area contributed by atoms with Crippen LogP contribution in [-0.2, 0) is 9.63 Å². The first-order valence-electron chi connectivity index (χ1n) is 4.75. The Morgan fingerprint density at radius 1 is 1.54 bits per heavy atom. The van der Waals surface area contributed by atoms with Crippen molar-refractivity contribution in [1.82, 2.24) is 10.4 Å². The molecule has 0 unspecified atom stereocenters.